The Hall–Kier alpha value is -1.10. The van der Waals surface area contributed by atoms with Crippen LogP contribution < -0.4 is 0 Å². The zero-order valence-corrected chi connectivity index (χ0v) is 9.25. The molecule has 5 heteroatoms. The van der Waals surface area contributed by atoms with Gasteiger partial charge in [0.1, 0.15) is 5.82 Å². The van der Waals surface area contributed by atoms with Crippen LogP contribution in [0.25, 0.3) is 0 Å². The SMILES string of the molecule is CSCc1ncc(C(=O)O)c(C2CC2)n1. The van der Waals surface area contributed by atoms with Crippen molar-refractivity contribution in [2.24, 2.45) is 0 Å². The topological polar surface area (TPSA) is 63.1 Å². The van der Waals surface area contributed by atoms with Crippen molar-refractivity contribution in [1.29, 1.82) is 0 Å². The predicted molar refractivity (Wildman–Crippen MR) is 58.2 cm³/mol. The smallest absolute Gasteiger partial charge is 0.339 e. The van der Waals surface area contributed by atoms with Crippen molar-refractivity contribution in [3.63, 3.8) is 0 Å². The van der Waals surface area contributed by atoms with Crippen LogP contribution in [-0.4, -0.2) is 27.3 Å². The number of rotatable bonds is 4. The number of hydrogen-bond donors (Lipinski definition) is 1. The van der Waals surface area contributed by atoms with E-state index in [9.17, 15) is 4.79 Å². The van der Waals surface area contributed by atoms with Crippen LogP contribution in [0.2, 0.25) is 0 Å². The fraction of sp³-hybridized carbons (Fsp3) is 0.500. The Kier molecular flexibility index (Phi) is 2.90. The summed E-state index contributed by atoms with van der Waals surface area (Å²) in [4.78, 5) is 19.3. The van der Waals surface area contributed by atoms with Gasteiger partial charge < -0.3 is 5.11 Å². The number of carboxylic acid groups (broad SMARTS) is 1. The molecule has 1 aromatic heterocycles. The van der Waals surface area contributed by atoms with Crippen molar-refractivity contribution in [2.75, 3.05) is 6.26 Å². The summed E-state index contributed by atoms with van der Waals surface area (Å²) >= 11 is 1.64. The van der Waals surface area contributed by atoms with Crippen LogP contribution in [0.15, 0.2) is 6.20 Å². The van der Waals surface area contributed by atoms with E-state index in [1.54, 1.807) is 11.8 Å². The lowest BCUT2D eigenvalue weighted by molar-refractivity contribution is 0.0694. The van der Waals surface area contributed by atoms with Crippen LogP contribution >= 0.6 is 11.8 Å². The Morgan fingerprint density at radius 3 is 2.93 bits per heavy atom. The summed E-state index contributed by atoms with van der Waals surface area (Å²) in [6, 6.07) is 0. The minimum absolute atomic E-state index is 0.266. The van der Waals surface area contributed by atoms with Gasteiger partial charge in [-0.2, -0.15) is 11.8 Å². The lowest BCUT2D eigenvalue weighted by Gasteiger charge is -2.05. The molecular weight excluding hydrogens is 212 g/mol. The highest BCUT2D eigenvalue weighted by molar-refractivity contribution is 7.97. The van der Waals surface area contributed by atoms with Gasteiger partial charge in [0.15, 0.2) is 0 Å². The normalized spacial score (nSPS) is 15.3. The predicted octanol–water partition coefficient (Wildman–Crippen LogP) is 1.92. The Labute approximate surface area is 92.1 Å². The molecule has 1 aliphatic carbocycles. The highest BCUT2D eigenvalue weighted by Gasteiger charge is 2.30. The molecule has 0 bridgehead atoms. The van der Waals surface area contributed by atoms with Crippen LogP contribution in [-0.2, 0) is 5.75 Å². The molecule has 1 aliphatic rings. The third kappa shape index (κ3) is 2.28. The van der Waals surface area contributed by atoms with Crippen molar-refractivity contribution >= 4 is 17.7 Å². The molecule has 0 unspecified atom stereocenters. The van der Waals surface area contributed by atoms with E-state index < -0.39 is 5.97 Å². The van der Waals surface area contributed by atoms with Crippen LogP contribution in [0.5, 0.6) is 0 Å². The zero-order chi connectivity index (χ0) is 10.8. The molecule has 0 atom stereocenters. The van der Waals surface area contributed by atoms with Crippen molar-refractivity contribution in [3.05, 3.63) is 23.3 Å². The molecule has 1 N–H and O–H groups in total. The van der Waals surface area contributed by atoms with Gasteiger partial charge in [-0.3, -0.25) is 0 Å². The number of aromatic carboxylic acids is 1. The second-order valence-corrected chi connectivity index (χ2v) is 4.46. The highest BCUT2D eigenvalue weighted by Crippen LogP contribution is 2.40. The summed E-state index contributed by atoms with van der Waals surface area (Å²) in [5.41, 5.74) is 0.990. The number of carbonyl (C=O) groups is 1. The van der Waals surface area contributed by atoms with Crippen LogP contribution in [0.3, 0.4) is 0 Å². The average molecular weight is 224 g/mol. The standard InChI is InChI=1S/C10H12N2O2S/c1-15-5-8-11-4-7(10(13)14)9(12-8)6-2-3-6/h4,6H,2-3,5H2,1H3,(H,13,14). The first kappa shape index (κ1) is 10.4. The maximum absolute atomic E-state index is 10.9. The molecule has 0 radical (unpaired) electrons. The summed E-state index contributed by atoms with van der Waals surface area (Å²) in [5, 5.41) is 8.98. The molecule has 0 spiro atoms. The molecule has 80 valence electrons. The second-order valence-electron chi connectivity index (χ2n) is 3.60. The molecule has 4 nitrogen and oxygen atoms in total. The molecule has 0 amide bonds. The fourth-order valence-electron chi connectivity index (χ4n) is 1.46. The maximum Gasteiger partial charge on any atom is 0.339 e. The summed E-state index contributed by atoms with van der Waals surface area (Å²) < 4.78 is 0. The molecule has 1 fully saturated rings. The molecule has 15 heavy (non-hydrogen) atoms. The maximum atomic E-state index is 10.9. The molecular formula is C10H12N2O2S. The molecule has 2 rings (SSSR count). The van der Waals surface area contributed by atoms with Crippen molar-refractivity contribution in [1.82, 2.24) is 9.97 Å². The van der Waals surface area contributed by atoms with Crippen molar-refractivity contribution in [3.8, 4) is 0 Å². The first-order valence-electron chi connectivity index (χ1n) is 4.80. The van der Waals surface area contributed by atoms with E-state index in [-0.39, 0.29) is 5.56 Å². The van der Waals surface area contributed by atoms with E-state index >= 15 is 0 Å². The first-order valence-corrected chi connectivity index (χ1v) is 6.19. The van der Waals surface area contributed by atoms with Crippen LogP contribution in [0, 0.1) is 0 Å². The number of carboxylic acids is 1. The van der Waals surface area contributed by atoms with Gasteiger partial charge in [-0.1, -0.05) is 0 Å². The third-order valence-corrected chi connectivity index (χ3v) is 2.88. The number of thioether (sulfide) groups is 1. The highest BCUT2D eigenvalue weighted by atomic mass is 32.2. The lowest BCUT2D eigenvalue weighted by atomic mass is 10.1. The van der Waals surface area contributed by atoms with Gasteiger partial charge in [-0.05, 0) is 19.1 Å². The van der Waals surface area contributed by atoms with Crippen LogP contribution in [0.1, 0.15) is 40.6 Å². The Bertz CT molecular complexity index is 391. The largest absolute Gasteiger partial charge is 0.478 e. The number of nitrogens with zero attached hydrogens (tertiary/aromatic N) is 2. The quantitative estimate of drug-likeness (QED) is 0.846. The molecule has 0 aromatic carbocycles. The Morgan fingerprint density at radius 1 is 1.67 bits per heavy atom. The molecule has 1 aromatic rings. The molecule has 0 aliphatic heterocycles. The van der Waals surface area contributed by atoms with E-state index in [4.69, 9.17) is 5.11 Å². The van der Waals surface area contributed by atoms with Gasteiger partial charge in [0, 0.05) is 12.1 Å². The van der Waals surface area contributed by atoms with Gasteiger partial charge in [-0.25, -0.2) is 14.8 Å². The Balaban J connectivity index is 2.35. The van der Waals surface area contributed by atoms with E-state index in [0.29, 0.717) is 5.92 Å². The molecule has 0 saturated heterocycles. The van der Waals surface area contributed by atoms with Gasteiger partial charge in [0.05, 0.1) is 17.0 Å². The minimum atomic E-state index is -0.924. The summed E-state index contributed by atoms with van der Waals surface area (Å²) in [5.74, 6) is 0.890. The minimum Gasteiger partial charge on any atom is -0.478 e. The van der Waals surface area contributed by atoms with E-state index in [1.165, 1.54) is 6.20 Å². The van der Waals surface area contributed by atoms with Crippen molar-refractivity contribution in [2.45, 2.75) is 24.5 Å². The van der Waals surface area contributed by atoms with Crippen molar-refractivity contribution < 1.29 is 9.90 Å². The average Bonchev–Trinajstić information content (AvgIpc) is 3.01. The van der Waals surface area contributed by atoms with Gasteiger partial charge >= 0.3 is 5.97 Å². The summed E-state index contributed by atoms with van der Waals surface area (Å²) in [7, 11) is 0. The molecule has 1 heterocycles. The van der Waals surface area contributed by atoms with Gasteiger partial charge in [0.2, 0.25) is 0 Å². The number of aromatic nitrogens is 2. The lowest BCUT2D eigenvalue weighted by Crippen LogP contribution is -2.07. The molecule has 1 saturated carbocycles. The van der Waals surface area contributed by atoms with Gasteiger partial charge in [-0.15, -0.1) is 0 Å². The third-order valence-electron chi connectivity index (χ3n) is 2.34. The summed E-state index contributed by atoms with van der Waals surface area (Å²) in [6.07, 6.45) is 5.52. The van der Waals surface area contributed by atoms with E-state index in [2.05, 4.69) is 9.97 Å². The monoisotopic (exact) mass is 224 g/mol. The Morgan fingerprint density at radius 2 is 2.40 bits per heavy atom. The first-order chi connectivity index (χ1) is 7.22. The van der Waals surface area contributed by atoms with Crippen LogP contribution in [0.4, 0.5) is 0 Å². The second kappa shape index (κ2) is 4.18. The fourth-order valence-corrected chi connectivity index (χ4v) is 1.86. The van der Waals surface area contributed by atoms with Gasteiger partial charge in [0.25, 0.3) is 0 Å². The van der Waals surface area contributed by atoms with E-state index in [1.807, 2.05) is 6.26 Å². The van der Waals surface area contributed by atoms with E-state index in [0.717, 1.165) is 30.1 Å². The number of hydrogen-bond acceptors (Lipinski definition) is 4. The summed E-state index contributed by atoms with van der Waals surface area (Å²) in [6.45, 7) is 0. The zero-order valence-electron chi connectivity index (χ0n) is 8.43.